The van der Waals surface area contributed by atoms with Crippen LogP contribution in [0, 0.1) is 5.92 Å². The first kappa shape index (κ1) is 12.0. The molecule has 0 saturated heterocycles. The average Bonchev–Trinajstić information content (AvgIpc) is 3.22. The summed E-state index contributed by atoms with van der Waals surface area (Å²) >= 11 is 0. The van der Waals surface area contributed by atoms with E-state index < -0.39 is 0 Å². The standard InChI is InChI=1S/C16H23NO/c1-18-16-7-5-13-4-6-15(10-14(13)11-16)17-9-8-12-2-3-12/h5,7,11-12,15,17H,2-4,6,8-10H2,1H3. The van der Waals surface area contributed by atoms with E-state index in [-0.39, 0.29) is 0 Å². The quantitative estimate of drug-likeness (QED) is 0.861. The van der Waals surface area contributed by atoms with Crippen LogP contribution in [0.4, 0.5) is 0 Å². The van der Waals surface area contributed by atoms with E-state index in [9.17, 15) is 0 Å². The Morgan fingerprint density at radius 2 is 2.11 bits per heavy atom. The van der Waals surface area contributed by atoms with Crippen molar-refractivity contribution in [3.05, 3.63) is 29.3 Å². The zero-order valence-corrected chi connectivity index (χ0v) is 11.2. The lowest BCUT2D eigenvalue weighted by molar-refractivity contribution is 0.410. The maximum absolute atomic E-state index is 5.32. The number of rotatable bonds is 5. The Morgan fingerprint density at radius 1 is 1.22 bits per heavy atom. The van der Waals surface area contributed by atoms with Crippen LogP contribution in [-0.4, -0.2) is 19.7 Å². The van der Waals surface area contributed by atoms with Crippen LogP contribution in [0.2, 0.25) is 0 Å². The molecule has 1 saturated carbocycles. The third-order valence-electron chi connectivity index (χ3n) is 4.32. The van der Waals surface area contributed by atoms with Gasteiger partial charge in [-0.05, 0) is 61.4 Å². The van der Waals surface area contributed by atoms with Gasteiger partial charge >= 0.3 is 0 Å². The third kappa shape index (κ3) is 2.86. The largest absolute Gasteiger partial charge is 0.497 e. The van der Waals surface area contributed by atoms with Crippen molar-refractivity contribution in [1.29, 1.82) is 0 Å². The molecule has 1 aromatic rings. The van der Waals surface area contributed by atoms with Gasteiger partial charge in [-0.2, -0.15) is 0 Å². The molecular weight excluding hydrogens is 222 g/mol. The van der Waals surface area contributed by atoms with Crippen LogP contribution in [-0.2, 0) is 12.8 Å². The van der Waals surface area contributed by atoms with E-state index in [2.05, 4.69) is 23.5 Å². The fraction of sp³-hybridized carbons (Fsp3) is 0.625. The number of methoxy groups -OCH3 is 1. The number of hydrogen-bond acceptors (Lipinski definition) is 2. The van der Waals surface area contributed by atoms with Crippen LogP contribution in [0.5, 0.6) is 5.75 Å². The summed E-state index contributed by atoms with van der Waals surface area (Å²) < 4.78 is 5.32. The average molecular weight is 245 g/mol. The Labute approximate surface area is 110 Å². The highest BCUT2D eigenvalue weighted by atomic mass is 16.5. The molecule has 0 aliphatic heterocycles. The molecule has 18 heavy (non-hydrogen) atoms. The Kier molecular flexibility index (Phi) is 3.55. The lowest BCUT2D eigenvalue weighted by Crippen LogP contribution is -2.35. The summed E-state index contributed by atoms with van der Waals surface area (Å²) in [5.74, 6) is 2.03. The minimum Gasteiger partial charge on any atom is -0.497 e. The number of hydrogen-bond donors (Lipinski definition) is 1. The fourth-order valence-electron chi connectivity index (χ4n) is 2.93. The fourth-order valence-corrected chi connectivity index (χ4v) is 2.93. The highest BCUT2D eigenvalue weighted by Gasteiger charge is 2.22. The van der Waals surface area contributed by atoms with Crippen molar-refractivity contribution in [2.75, 3.05) is 13.7 Å². The number of ether oxygens (including phenoxy) is 1. The summed E-state index contributed by atoms with van der Waals surface area (Å²) in [6, 6.07) is 7.20. The Hall–Kier alpha value is -1.02. The molecule has 2 heteroatoms. The van der Waals surface area contributed by atoms with Crippen LogP contribution in [0.3, 0.4) is 0 Å². The van der Waals surface area contributed by atoms with Gasteiger partial charge < -0.3 is 10.1 Å². The van der Waals surface area contributed by atoms with E-state index >= 15 is 0 Å². The second-order valence-corrected chi connectivity index (χ2v) is 5.76. The zero-order valence-electron chi connectivity index (χ0n) is 11.2. The molecule has 1 N–H and O–H groups in total. The molecule has 0 radical (unpaired) electrons. The Balaban J connectivity index is 1.56. The first-order chi connectivity index (χ1) is 8.85. The van der Waals surface area contributed by atoms with Crippen LogP contribution < -0.4 is 10.1 Å². The lowest BCUT2D eigenvalue weighted by Gasteiger charge is -2.26. The van der Waals surface area contributed by atoms with E-state index in [1.807, 2.05) is 0 Å². The summed E-state index contributed by atoms with van der Waals surface area (Å²) in [4.78, 5) is 0. The van der Waals surface area contributed by atoms with Crippen molar-refractivity contribution >= 4 is 0 Å². The van der Waals surface area contributed by atoms with Gasteiger partial charge in [-0.15, -0.1) is 0 Å². The topological polar surface area (TPSA) is 21.3 Å². The van der Waals surface area contributed by atoms with Crippen molar-refractivity contribution < 1.29 is 4.74 Å². The van der Waals surface area contributed by atoms with Gasteiger partial charge in [0, 0.05) is 6.04 Å². The molecule has 0 spiro atoms. The number of aryl methyl sites for hydroxylation is 1. The molecule has 1 aromatic carbocycles. The summed E-state index contributed by atoms with van der Waals surface area (Å²) in [5.41, 5.74) is 2.99. The highest BCUT2D eigenvalue weighted by molar-refractivity contribution is 5.37. The summed E-state index contributed by atoms with van der Waals surface area (Å²) in [6.07, 6.45) is 7.96. The van der Waals surface area contributed by atoms with E-state index in [0.717, 1.165) is 18.1 Å². The van der Waals surface area contributed by atoms with E-state index in [4.69, 9.17) is 4.74 Å². The van der Waals surface area contributed by atoms with Crippen molar-refractivity contribution in [3.8, 4) is 5.75 Å². The van der Waals surface area contributed by atoms with Gasteiger partial charge in [0.05, 0.1) is 7.11 Å². The minimum atomic E-state index is 0.670. The maximum Gasteiger partial charge on any atom is 0.119 e. The molecule has 1 unspecified atom stereocenters. The second-order valence-electron chi connectivity index (χ2n) is 5.76. The van der Waals surface area contributed by atoms with Gasteiger partial charge in [-0.3, -0.25) is 0 Å². The highest BCUT2D eigenvalue weighted by Crippen LogP contribution is 2.32. The van der Waals surface area contributed by atoms with Crippen molar-refractivity contribution in [3.63, 3.8) is 0 Å². The normalized spacial score (nSPS) is 22.6. The molecule has 2 nitrogen and oxygen atoms in total. The van der Waals surface area contributed by atoms with Crippen molar-refractivity contribution in [2.45, 2.75) is 44.6 Å². The van der Waals surface area contributed by atoms with Crippen LogP contribution >= 0.6 is 0 Å². The molecule has 98 valence electrons. The minimum absolute atomic E-state index is 0.670. The Bertz CT molecular complexity index is 412. The molecule has 2 aliphatic carbocycles. The number of benzene rings is 1. The zero-order chi connectivity index (χ0) is 12.4. The molecule has 3 rings (SSSR count). The Morgan fingerprint density at radius 3 is 2.89 bits per heavy atom. The monoisotopic (exact) mass is 245 g/mol. The molecule has 1 atom stereocenters. The molecule has 0 bridgehead atoms. The predicted molar refractivity (Wildman–Crippen MR) is 74.2 cm³/mol. The molecule has 0 aromatic heterocycles. The van der Waals surface area contributed by atoms with Gasteiger partial charge in [-0.25, -0.2) is 0 Å². The summed E-state index contributed by atoms with van der Waals surface area (Å²) in [7, 11) is 1.75. The smallest absolute Gasteiger partial charge is 0.119 e. The molecule has 2 aliphatic rings. The van der Waals surface area contributed by atoms with Crippen LogP contribution in [0.25, 0.3) is 0 Å². The van der Waals surface area contributed by atoms with Crippen molar-refractivity contribution in [1.82, 2.24) is 5.32 Å². The molecular formula is C16H23NO. The van der Waals surface area contributed by atoms with E-state index in [1.54, 1.807) is 7.11 Å². The van der Waals surface area contributed by atoms with Crippen molar-refractivity contribution in [2.24, 2.45) is 5.92 Å². The molecule has 1 fully saturated rings. The number of fused-ring (bicyclic) bond motifs is 1. The third-order valence-corrected chi connectivity index (χ3v) is 4.32. The first-order valence-corrected chi connectivity index (χ1v) is 7.24. The van der Waals surface area contributed by atoms with Gasteiger partial charge in [0.25, 0.3) is 0 Å². The van der Waals surface area contributed by atoms with Gasteiger partial charge in [0.2, 0.25) is 0 Å². The van der Waals surface area contributed by atoms with Crippen LogP contribution in [0.15, 0.2) is 18.2 Å². The first-order valence-electron chi connectivity index (χ1n) is 7.24. The second kappa shape index (κ2) is 5.31. The van der Waals surface area contributed by atoms with Gasteiger partial charge in [0.15, 0.2) is 0 Å². The maximum atomic E-state index is 5.32. The SMILES string of the molecule is COc1ccc2c(c1)CC(NCCC1CC1)CC2. The van der Waals surface area contributed by atoms with Gasteiger partial charge in [-0.1, -0.05) is 18.9 Å². The molecule has 0 heterocycles. The van der Waals surface area contributed by atoms with E-state index in [0.29, 0.717) is 6.04 Å². The summed E-state index contributed by atoms with van der Waals surface area (Å²) in [6.45, 7) is 1.20. The predicted octanol–water partition coefficient (Wildman–Crippen LogP) is 2.94. The summed E-state index contributed by atoms with van der Waals surface area (Å²) in [5, 5.41) is 3.73. The van der Waals surface area contributed by atoms with E-state index in [1.165, 1.54) is 49.8 Å². The number of nitrogens with one attached hydrogen (secondary N) is 1. The lowest BCUT2D eigenvalue weighted by atomic mass is 9.88. The van der Waals surface area contributed by atoms with Gasteiger partial charge in [0.1, 0.15) is 5.75 Å². The molecule has 0 amide bonds. The van der Waals surface area contributed by atoms with Crippen LogP contribution in [0.1, 0.15) is 36.8 Å².